The van der Waals surface area contributed by atoms with Gasteiger partial charge in [-0.15, -0.1) is 0 Å². The molecule has 17 heavy (non-hydrogen) atoms. The Morgan fingerprint density at radius 2 is 2.12 bits per heavy atom. The number of aliphatic carboxylic acids is 1. The van der Waals surface area contributed by atoms with Gasteiger partial charge in [-0.3, -0.25) is 9.69 Å². The van der Waals surface area contributed by atoms with Crippen LogP contribution in [0.3, 0.4) is 0 Å². The molecule has 2 N–H and O–H groups in total. The van der Waals surface area contributed by atoms with E-state index >= 15 is 0 Å². The number of hydrogen-bond acceptors (Lipinski definition) is 3. The number of halogens is 1. The van der Waals surface area contributed by atoms with E-state index in [9.17, 15) is 9.90 Å². The van der Waals surface area contributed by atoms with Crippen LogP contribution in [0.4, 0.5) is 0 Å². The number of carboxylic acid groups (broad SMARTS) is 1. The lowest BCUT2D eigenvalue weighted by atomic mass is 10.1. The molecule has 0 heterocycles. The van der Waals surface area contributed by atoms with E-state index in [0.717, 1.165) is 0 Å². The van der Waals surface area contributed by atoms with E-state index in [4.69, 9.17) is 16.7 Å². The van der Waals surface area contributed by atoms with Crippen LogP contribution in [0, 0.1) is 0 Å². The fourth-order valence-corrected chi connectivity index (χ4v) is 1.73. The van der Waals surface area contributed by atoms with Gasteiger partial charge in [-0.05, 0) is 26.0 Å². The highest BCUT2D eigenvalue weighted by Gasteiger charge is 2.17. The van der Waals surface area contributed by atoms with Crippen molar-refractivity contribution in [1.82, 2.24) is 4.90 Å². The monoisotopic (exact) mass is 257 g/mol. The largest absolute Gasteiger partial charge is 0.508 e. The van der Waals surface area contributed by atoms with Crippen LogP contribution >= 0.6 is 11.6 Å². The molecule has 0 saturated carbocycles. The number of benzene rings is 1. The van der Waals surface area contributed by atoms with E-state index in [-0.39, 0.29) is 18.3 Å². The maximum Gasteiger partial charge on any atom is 0.317 e. The lowest BCUT2D eigenvalue weighted by molar-refractivity contribution is -0.138. The van der Waals surface area contributed by atoms with Gasteiger partial charge in [0.25, 0.3) is 0 Å². The van der Waals surface area contributed by atoms with Crippen molar-refractivity contribution in [3.05, 3.63) is 28.8 Å². The maximum absolute atomic E-state index is 10.7. The first kappa shape index (κ1) is 13.8. The van der Waals surface area contributed by atoms with Gasteiger partial charge >= 0.3 is 5.97 Å². The summed E-state index contributed by atoms with van der Waals surface area (Å²) in [6, 6.07) is 4.93. The van der Waals surface area contributed by atoms with Crippen LogP contribution in [0.1, 0.15) is 19.4 Å². The summed E-state index contributed by atoms with van der Waals surface area (Å²) in [7, 11) is 0. The molecule has 1 aromatic carbocycles. The Balaban J connectivity index is 2.89. The minimum absolute atomic E-state index is 0.0572. The number of aromatic hydroxyl groups is 1. The Morgan fingerprint density at radius 3 is 2.59 bits per heavy atom. The van der Waals surface area contributed by atoms with Gasteiger partial charge in [0, 0.05) is 23.2 Å². The zero-order valence-electron chi connectivity index (χ0n) is 9.85. The smallest absolute Gasteiger partial charge is 0.317 e. The quantitative estimate of drug-likeness (QED) is 0.850. The Labute approximate surface area is 105 Å². The van der Waals surface area contributed by atoms with Crippen LogP contribution in [-0.4, -0.2) is 33.7 Å². The standard InChI is InChI=1S/C12H16ClNO3/c1-8(2)14(7-12(16)17)6-9-10(13)4-3-5-11(9)15/h3-5,8,15H,6-7H2,1-2H3,(H,16,17). The molecule has 0 atom stereocenters. The van der Waals surface area contributed by atoms with E-state index in [2.05, 4.69) is 0 Å². The predicted octanol–water partition coefficient (Wildman–Crippen LogP) is 2.34. The van der Waals surface area contributed by atoms with E-state index in [1.807, 2.05) is 13.8 Å². The van der Waals surface area contributed by atoms with Crippen molar-refractivity contribution in [2.75, 3.05) is 6.54 Å². The van der Waals surface area contributed by atoms with E-state index in [0.29, 0.717) is 17.1 Å². The van der Waals surface area contributed by atoms with Gasteiger partial charge in [0.1, 0.15) is 5.75 Å². The maximum atomic E-state index is 10.7. The number of rotatable bonds is 5. The molecule has 5 heteroatoms. The highest BCUT2D eigenvalue weighted by atomic mass is 35.5. The summed E-state index contributed by atoms with van der Waals surface area (Å²) >= 11 is 5.98. The molecular formula is C12H16ClNO3. The van der Waals surface area contributed by atoms with Crippen LogP contribution in [0.15, 0.2) is 18.2 Å². The topological polar surface area (TPSA) is 60.8 Å². The molecule has 0 aromatic heterocycles. The van der Waals surface area contributed by atoms with Crippen LogP contribution in [-0.2, 0) is 11.3 Å². The number of phenolic OH excluding ortho intramolecular Hbond substituents is 1. The number of phenols is 1. The second-order valence-corrected chi connectivity index (χ2v) is 4.54. The van der Waals surface area contributed by atoms with Gasteiger partial charge in [0.15, 0.2) is 0 Å². The van der Waals surface area contributed by atoms with Crippen molar-refractivity contribution in [3.8, 4) is 5.75 Å². The van der Waals surface area contributed by atoms with Crippen molar-refractivity contribution in [2.45, 2.75) is 26.4 Å². The van der Waals surface area contributed by atoms with Gasteiger partial charge in [0.05, 0.1) is 6.54 Å². The Morgan fingerprint density at radius 1 is 1.47 bits per heavy atom. The third kappa shape index (κ3) is 3.91. The molecule has 0 amide bonds. The SMILES string of the molecule is CC(C)N(CC(=O)O)Cc1c(O)cccc1Cl. The molecule has 0 bridgehead atoms. The van der Waals surface area contributed by atoms with Crippen molar-refractivity contribution >= 4 is 17.6 Å². The second-order valence-electron chi connectivity index (χ2n) is 4.13. The fraction of sp³-hybridized carbons (Fsp3) is 0.417. The molecule has 1 rings (SSSR count). The average Bonchev–Trinajstić information content (AvgIpc) is 2.21. The molecule has 0 aliphatic rings. The highest BCUT2D eigenvalue weighted by Crippen LogP contribution is 2.27. The average molecular weight is 258 g/mol. The minimum Gasteiger partial charge on any atom is -0.508 e. The minimum atomic E-state index is -0.898. The summed E-state index contributed by atoms with van der Waals surface area (Å²) in [5.41, 5.74) is 0.559. The third-order valence-corrected chi connectivity index (χ3v) is 2.88. The van der Waals surface area contributed by atoms with Crippen molar-refractivity contribution in [3.63, 3.8) is 0 Å². The Kier molecular flexibility index (Phi) is 4.78. The molecule has 0 aliphatic heterocycles. The predicted molar refractivity (Wildman–Crippen MR) is 66.3 cm³/mol. The first-order chi connectivity index (χ1) is 7.91. The number of carbonyl (C=O) groups is 1. The summed E-state index contributed by atoms with van der Waals surface area (Å²) in [4.78, 5) is 12.5. The van der Waals surface area contributed by atoms with Crippen molar-refractivity contribution in [1.29, 1.82) is 0 Å². The van der Waals surface area contributed by atoms with Crippen molar-refractivity contribution < 1.29 is 15.0 Å². The summed E-state index contributed by atoms with van der Waals surface area (Å²) in [5.74, 6) is -0.807. The van der Waals surface area contributed by atoms with Gasteiger partial charge < -0.3 is 10.2 Å². The summed E-state index contributed by atoms with van der Waals surface area (Å²) < 4.78 is 0. The Bertz CT molecular complexity index is 386. The van der Waals surface area contributed by atoms with Gasteiger partial charge in [-0.2, -0.15) is 0 Å². The molecule has 0 radical (unpaired) electrons. The number of nitrogens with zero attached hydrogens (tertiary/aromatic N) is 1. The van der Waals surface area contributed by atoms with Gasteiger partial charge in [0.2, 0.25) is 0 Å². The molecule has 94 valence electrons. The summed E-state index contributed by atoms with van der Waals surface area (Å²) in [5, 5.41) is 19.0. The van der Waals surface area contributed by atoms with E-state index in [1.54, 1.807) is 23.1 Å². The van der Waals surface area contributed by atoms with E-state index in [1.165, 1.54) is 0 Å². The summed E-state index contributed by atoms with van der Waals surface area (Å²) in [6.07, 6.45) is 0. The first-order valence-corrected chi connectivity index (χ1v) is 5.71. The zero-order valence-corrected chi connectivity index (χ0v) is 10.6. The molecule has 0 saturated heterocycles. The second kappa shape index (κ2) is 5.89. The van der Waals surface area contributed by atoms with Crippen molar-refractivity contribution in [2.24, 2.45) is 0 Å². The van der Waals surface area contributed by atoms with Crippen LogP contribution in [0.2, 0.25) is 5.02 Å². The highest BCUT2D eigenvalue weighted by molar-refractivity contribution is 6.31. The third-order valence-electron chi connectivity index (χ3n) is 2.52. The Hall–Kier alpha value is -1.26. The lowest BCUT2D eigenvalue weighted by Gasteiger charge is -2.25. The molecular weight excluding hydrogens is 242 g/mol. The number of carboxylic acids is 1. The lowest BCUT2D eigenvalue weighted by Crippen LogP contribution is -2.35. The normalized spacial score (nSPS) is 11.1. The molecule has 0 aliphatic carbocycles. The van der Waals surface area contributed by atoms with Crippen LogP contribution < -0.4 is 0 Å². The molecule has 1 aromatic rings. The molecule has 0 spiro atoms. The van der Waals surface area contributed by atoms with E-state index < -0.39 is 5.97 Å². The molecule has 0 unspecified atom stereocenters. The number of hydrogen-bond donors (Lipinski definition) is 2. The van der Waals surface area contributed by atoms with Crippen LogP contribution in [0.5, 0.6) is 5.75 Å². The zero-order chi connectivity index (χ0) is 13.0. The van der Waals surface area contributed by atoms with Gasteiger partial charge in [-0.25, -0.2) is 0 Å². The van der Waals surface area contributed by atoms with Crippen LogP contribution in [0.25, 0.3) is 0 Å². The molecule has 4 nitrogen and oxygen atoms in total. The van der Waals surface area contributed by atoms with Gasteiger partial charge in [-0.1, -0.05) is 17.7 Å². The first-order valence-electron chi connectivity index (χ1n) is 5.34. The molecule has 0 fully saturated rings. The summed E-state index contributed by atoms with van der Waals surface area (Å²) in [6.45, 7) is 4.03. The fourth-order valence-electron chi connectivity index (χ4n) is 1.50.